The van der Waals surface area contributed by atoms with Crippen LogP contribution in [0, 0.1) is 10.1 Å². The van der Waals surface area contributed by atoms with Crippen molar-refractivity contribution >= 4 is 15.7 Å². The van der Waals surface area contributed by atoms with E-state index in [-0.39, 0.29) is 17.2 Å². The molecule has 0 radical (unpaired) electrons. The third-order valence-electron chi connectivity index (χ3n) is 3.19. The molecule has 0 amide bonds. The zero-order valence-corrected chi connectivity index (χ0v) is 10.9. The molecular formula is C11H14N2O5S. The summed E-state index contributed by atoms with van der Waals surface area (Å²) in [5.41, 5.74) is -0.154. The van der Waals surface area contributed by atoms with Gasteiger partial charge in [0.05, 0.1) is 16.4 Å². The molecule has 1 unspecified atom stereocenters. The number of hydrogen-bond donors (Lipinski definition) is 1. The Labute approximate surface area is 110 Å². The van der Waals surface area contributed by atoms with E-state index >= 15 is 0 Å². The van der Waals surface area contributed by atoms with E-state index in [2.05, 4.69) is 0 Å². The van der Waals surface area contributed by atoms with Crippen LogP contribution < -0.4 is 0 Å². The summed E-state index contributed by atoms with van der Waals surface area (Å²) in [7, 11) is -3.69. The van der Waals surface area contributed by atoms with E-state index in [0.717, 1.165) is 12.1 Å². The summed E-state index contributed by atoms with van der Waals surface area (Å²) < 4.78 is 25.9. The highest BCUT2D eigenvalue weighted by atomic mass is 32.2. The second-order valence-corrected chi connectivity index (χ2v) is 6.24. The van der Waals surface area contributed by atoms with Crippen LogP contribution in [0.4, 0.5) is 5.69 Å². The average molecular weight is 286 g/mol. The van der Waals surface area contributed by atoms with Crippen molar-refractivity contribution in [2.45, 2.75) is 23.8 Å². The van der Waals surface area contributed by atoms with E-state index in [0.29, 0.717) is 19.4 Å². The lowest BCUT2D eigenvalue weighted by Gasteiger charge is -2.22. The maximum atomic E-state index is 12.3. The summed E-state index contributed by atoms with van der Waals surface area (Å²) in [6, 6.07) is 4.37. The summed E-state index contributed by atoms with van der Waals surface area (Å²) >= 11 is 0. The molecular weight excluding hydrogens is 272 g/mol. The molecule has 19 heavy (non-hydrogen) atoms. The van der Waals surface area contributed by atoms with Gasteiger partial charge in [0.15, 0.2) is 0 Å². The van der Waals surface area contributed by atoms with Gasteiger partial charge in [0.1, 0.15) is 0 Å². The van der Waals surface area contributed by atoms with Gasteiger partial charge in [-0.15, -0.1) is 0 Å². The molecule has 0 aliphatic carbocycles. The quantitative estimate of drug-likeness (QED) is 0.650. The van der Waals surface area contributed by atoms with Gasteiger partial charge >= 0.3 is 0 Å². The van der Waals surface area contributed by atoms with E-state index in [1.165, 1.54) is 16.4 Å². The smallest absolute Gasteiger partial charge is 0.269 e. The number of aliphatic hydroxyl groups excluding tert-OH is 1. The van der Waals surface area contributed by atoms with Crippen molar-refractivity contribution in [1.82, 2.24) is 4.31 Å². The van der Waals surface area contributed by atoms with Crippen molar-refractivity contribution in [3.63, 3.8) is 0 Å². The Morgan fingerprint density at radius 1 is 1.37 bits per heavy atom. The number of aliphatic hydroxyl groups is 1. The number of nitrogens with zero attached hydrogens (tertiary/aromatic N) is 2. The Morgan fingerprint density at radius 2 is 2.00 bits per heavy atom. The zero-order chi connectivity index (χ0) is 14.0. The maximum absolute atomic E-state index is 12.3. The Kier molecular flexibility index (Phi) is 3.83. The summed E-state index contributed by atoms with van der Waals surface area (Å²) in [4.78, 5) is 9.96. The standard InChI is InChI=1S/C11H14N2O5S/c14-8-10-2-1-7-12(10)19(17,18)11-5-3-9(4-6-11)13(15)16/h3-6,10,14H,1-2,7-8H2. The van der Waals surface area contributed by atoms with Crippen LogP contribution in [0.3, 0.4) is 0 Å². The molecule has 2 rings (SSSR count). The number of nitro benzene ring substituents is 1. The van der Waals surface area contributed by atoms with Crippen LogP contribution in [0.5, 0.6) is 0 Å². The minimum atomic E-state index is -3.69. The highest BCUT2D eigenvalue weighted by Gasteiger charge is 2.34. The monoisotopic (exact) mass is 286 g/mol. The largest absolute Gasteiger partial charge is 0.395 e. The van der Waals surface area contributed by atoms with Gasteiger partial charge in [-0.25, -0.2) is 8.42 Å². The first-order valence-corrected chi connectivity index (χ1v) is 7.28. The Balaban J connectivity index is 2.31. The minimum Gasteiger partial charge on any atom is -0.395 e. The summed E-state index contributed by atoms with van der Waals surface area (Å²) in [6.45, 7) is 0.150. The number of benzene rings is 1. The van der Waals surface area contributed by atoms with Crippen LogP contribution in [0.1, 0.15) is 12.8 Å². The molecule has 1 aromatic carbocycles. The second-order valence-electron chi connectivity index (χ2n) is 4.35. The van der Waals surface area contributed by atoms with Gasteiger partial charge in [-0.1, -0.05) is 0 Å². The number of non-ortho nitro benzene ring substituents is 1. The second kappa shape index (κ2) is 5.24. The van der Waals surface area contributed by atoms with E-state index < -0.39 is 21.0 Å². The maximum Gasteiger partial charge on any atom is 0.269 e. The highest BCUT2D eigenvalue weighted by molar-refractivity contribution is 7.89. The summed E-state index contributed by atoms with van der Waals surface area (Å²) in [6.07, 6.45) is 1.33. The summed E-state index contributed by atoms with van der Waals surface area (Å²) in [5.74, 6) is 0. The van der Waals surface area contributed by atoms with Crippen molar-refractivity contribution in [2.24, 2.45) is 0 Å². The lowest BCUT2D eigenvalue weighted by molar-refractivity contribution is -0.384. The number of nitro groups is 1. The molecule has 0 spiro atoms. The minimum absolute atomic E-state index is 0.0125. The van der Waals surface area contributed by atoms with Crippen LogP contribution >= 0.6 is 0 Å². The van der Waals surface area contributed by atoms with Crippen molar-refractivity contribution in [3.8, 4) is 0 Å². The van der Waals surface area contributed by atoms with Gasteiger partial charge in [0.25, 0.3) is 5.69 Å². The Hall–Kier alpha value is -1.51. The molecule has 1 aliphatic heterocycles. The fourth-order valence-corrected chi connectivity index (χ4v) is 3.87. The number of rotatable bonds is 4. The van der Waals surface area contributed by atoms with Crippen molar-refractivity contribution in [3.05, 3.63) is 34.4 Å². The molecule has 1 N–H and O–H groups in total. The van der Waals surface area contributed by atoms with Crippen LogP contribution in [0.15, 0.2) is 29.2 Å². The van der Waals surface area contributed by atoms with E-state index in [4.69, 9.17) is 5.11 Å². The fraction of sp³-hybridized carbons (Fsp3) is 0.455. The first-order valence-electron chi connectivity index (χ1n) is 5.84. The molecule has 0 aromatic heterocycles. The van der Waals surface area contributed by atoms with Gasteiger partial charge in [0.2, 0.25) is 10.0 Å². The topological polar surface area (TPSA) is 101 Å². The van der Waals surface area contributed by atoms with Crippen molar-refractivity contribution < 1.29 is 18.4 Å². The van der Waals surface area contributed by atoms with E-state index in [9.17, 15) is 18.5 Å². The van der Waals surface area contributed by atoms with Gasteiger partial charge < -0.3 is 5.11 Å². The Morgan fingerprint density at radius 3 is 2.53 bits per heavy atom. The first-order chi connectivity index (χ1) is 8.96. The van der Waals surface area contributed by atoms with Crippen molar-refractivity contribution in [2.75, 3.05) is 13.2 Å². The number of sulfonamides is 1. The molecule has 1 atom stereocenters. The zero-order valence-electron chi connectivity index (χ0n) is 10.1. The van der Waals surface area contributed by atoms with E-state index in [1.54, 1.807) is 0 Å². The molecule has 1 fully saturated rings. The average Bonchev–Trinajstić information content (AvgIpc) is 2.87. The lowest BCUT2D eigenvalue weighted by Crippen LogP contribution is -2.37. The lowest BCUT2D eigenvalue weighted by atomic mass is 10.2. The molecule has 1 aromatic rings. The normalized spacial score (nSPS) is 20.6. The van der Waals surface area contributed by atoms with Crippen LogP contribution in [-0.4, -0.2) is 41.9 Å². The molecule has 1 heterocycles. The van der Waals surface area contributed by atoms with Gasteiger partial charge in [-0.2, -0.15) is 4.31 Å². The van der Waals surface area contributed by atoms with Gasteiger partial charge in [-0.3, -0.25) is 10.1 Å². The van der Waals surface area contributed by atoms with Gasteiger partial charge in [0, 0.05) is 24.7 Å². The van der Waals surface area contributed by atoms with Gasteiger partial charge in [-0.05, 0) is 25.0 Å². The molecule has 104 valence electrons. The fourth-order valence-electron chi connectivity index (χ4n) is 2.18. The number of hydrogen-bond acceptors (Lipinski definition) is 5. The van der Waals surface area contributed by atoms with E-state index in [1.807, 2.05) is 0 Å². The molecule has 7 nitrogen and oxygen atoms in total. The molecule has 1 aliphatic rings. The SMILES string of the molecule is O=[N+]([O-])c1ccc(S(=O)(=O)N2CCCC2CO)cc1. The van der Waals surface area contributed by atoms with Crippen LogP contribution in [0.2, 0.25) is 0 Å². The van der Waals surface area contributed by atoms with Crippen LogP contribution in [0.25, 0.3) is 0 Å². The third kappa shape index (κ3) is 2.60. The van der Waals surface area contributed by atoms with Crippen LogP contribution in [-0.2, 0) is 10.0 Å². The highest BCUT2D eigenvalue weighted by Crippen LogP contribution is 2.26. The molecule has 1 saturated heterocycles. The van der Waals surface area contributed by atoms with Crippen molar-refractivity contribution in [1.29, 1.82) is 0 Å². The molecule has 8 heteroatoms. The third-order valence-corrected chi connectivity index (χ3v) is 5.15. The molecule has 0 saturated carbocycles. The predicted octanol–water partition coefficient (Wildman–Crippen LogP) is 0.740. The Bertz CT molecular complexity index is 569. The predicted molar refractivity (Wildman–Crippen MR) is 67.1 cm³/mol. The molecule has 0 bridgehead atoms. The summed E-state index contributed by atoms with van der Waals surface area (Å²) in [5, 5.41) is 19.7. The first kappa shape index (κ1) is 13.9.